The Balaban J connectivity index is 1.91. The van der Waals surface area contributed by atoms with E-state index in [0.717, 1.165) is 12.1 Å². The molecule has 1 aromatic carbocycles. The van der Waals surface area contributed by atoms with E-state index in [1.807, 2.05) is 13.8 Å². The van der Waals surface area contributed by atoms with Crippen LogP contribution in [0.15, 0.2) is 12.1 Å². The van der Waals surface area contributed by atoms with Gasteiger partial charge in [-0.3, -0.25) is 9.59 Å². The fourth-order valence-corrected chi connectivity index (χ4v) is 2.95. The Kier molecular flexibility index (Phi) is 6.15. The SMILES string of the molecule is CC(C)CC(=O)N1CCC(NC(=O)c2cc(F)c(F)cc2Cl)CC1. The van der Waals surface area contributed by atoms with Crippen molar-refractivity contribution < 1.29 is 18.4 Å². The molecule has 0 radical (unpaired) electrons. The smallest absolute Gasteiger partial charge is 0.253 e. The van der Waals surface area contributed by atoms with Gasteiger partial charge in [-0.2, -0.15) is 0 Å². The van der Waals surface area contributed by atoms with Crippen LogP contribution in [0.1, 0.15) is 43.5 Å². The number of hydrogen-bond donors (Lipinski definition) is 1. The van der Waals surface area contributed by atoms with Gasteiger partial charge in [-0.25, -0.2) is 8.78 Å². The third kappa shape index (κ3) is 4.66. The molecule has 2 amide bonds. The van der Waals surface area contributed by atoms with Crippen LogP contribution < -0.4 is 5.32 Å². The van der Waals surface area contributed by atoms with Crippen molar-refractivity contribution in [2.45, 2.75) is 39.2 Å². The molecule has 0 aromatic heterocycles. The molecule has 1 aliphatic heterocycles. The topological polar surface area (TPSA) is 49.4 Å². The number of hydrogen-bond acceptors (Lipinski definition) is 2. The molecule has 4 nitrogen and oxygen atoms in total. The summed E-state index contributed by atoms with van der Waals surface area (Å²) in [5.41, 5.74) is -0.0890. The van der Waals surface area contributed by atoms with E-state index in [4.69, 9.17) is 11.6 Å². The van der Waals surface area contributed by atoms with Crippen LogP contribution in [0.4, 0.5) is 8.78 Å². The summed E-state index contributed by atoms with van der Waals surface area (Å²) in [5.74, 6) is -2.30. The molecule has 0 unspecified atom stereocenters. The minimum atomic E-state index is -1.11. The van der Waals surface area contributed by atoms with E-state index in [9.17, 15) is 18.4 Å². The van der Waals surface area contributed by atoms with E-state index >= 15 is 0 Å². The Morgan fingerprint density at radius 1 is 1.25 bits per heavy atom. The summed E-state index contributed by atoms with van der Waals surface area (Å²) in [6, 6.07) is 1.47. The number of nitrogens with one attached hydrogen (secondary N) is 1. The molecule has 0 bridgehead atoms. The largest absolute Gasteiger partial charge is 0.349 e. The van der Waals surface area contributed by atoms with E-state index in [1.54, 1.807) is 4.90 Å². The molecule has 1 fully saturated rings. The molecule has 1 heterocycles. The summed E-state index contributed by atoms with van der Waals surface area (Å²) in [6.07, 6.45) is 1.76. The molecule has 0 aliphatic carbocycles. The van der Waals surface area contributed by atoms with Gasteiger partial charge in [0.2, 0.25) is 5.91 Å². The summed E-state index contributed by atoms with van der Waals surface area (Å²) in [4.78, 5) is 26.0. The third-order valence-electron chi connectivity index (χ3n) is 4.02. The lowest BCUT2D eigenvalue weighted by Gasteiger charge is -2.33. The van der Waals surface area contributed by atoms with E-state index in [0.29, 0.717) is 38.3 Å². The minimum Gasteiger partial charge on any atom is -0.349 e. The van der Waals surface area contributed by atoms with Crippen LogP contribution in [0.25, 0.3) is 0 Å². The van der Waals surface area contributed by atoms with Crippen LogP contribution in [0.5, 0.6) is 0 Å². The Morgan fingerprint density at radius 3 is 2.42 bits per heavy atom. The van der Waals surface area contributed by atoms with E-state index in [-0.39, 0.29) is 22.5 Å². The number of piperidine rings is 1. The highest BCUT2D eigenvalue weighted by Gasteiger charge is 2.25. The van der Waals surface area contributed by atoms with Gasteiger partial charge in [0.15, 0.2) is 11.6 Å². The van der Waals surface area contributed by atoms with Gasteiger partial charge in [-0.1, -0.05) is 25.4 Å². The monoisotopic (exact) mass is 358 g/mol. The van der Waals surface area contributed by atoms with Crippen LogP contribution in [0, 0.1) is 17.6 Å². The molecular formula is C17H21ClF2N2O2. The lowest BCUT2D eigenvalue weighted by Crippen LogP contribution is -2.46. The first-order valence-electron chi connectivity index (χ1n) is 8.01. The Bertz CT molecular complexity index is 629. The number of nitrogens with zero attached hydrogens (tertiary/aromatic N) is 1. The summed E-state index contributed by atoms with van der Waals surface area (Å²) >= 11 is 5.81. The standard InChI is InChI=1S/C17H21ClF2N2O2/c1-10(2)7-16(23)22-5-3-11(4-6-22)21-17(24)12-8-14(19)15(20)9-13(12)18/h8-11H,3-7H2,1-2H3,(H,21,24). The fraction of sp³-hybridized carbons (Fsp3) is 0.529. The van der Waals surface area contributed by atoms with Crippen molar-refractivity contribution in [3.8, 4) is 0 Å². The van der Waals surface area contributed by atoms with Crippen molar-refractivity contribution >= 4 is 23.4 Å². The van der Waals surface area contributed by atoms with Gasteiger partial charge in [0.25, 0.3) is 5.91 Å². The number of amides is 2. The maximum atomic E-state index is 13.3. The molecule has 1 aromatic rings. The summed E-state index contributed by atoms with van der Waals surface area (Å²) in [7, 11) is 0. The highest BCUT2D eigenvalue weighted by molar-refractivity contribution is 6.33. The molecular weight excluding hydrogens is 338 g/mol. The Morgan fingerprint density at radius 2 is 1.83 bits per heavy atom. The van der Waals surface area contributed by atoms with E-state index in [1.165, 1.54) is 0 Å². The van der Waals surface area contributed by atoms with Gasteiger partial charge in [0, 0.05) is 25.6 Å². The van der Waals surface area contributed by atoms with Crippen molar-refractivity contribution in [2.24, 2.45) is 5.92 Å². The fourth-order valence-electron chi connectivity index (χ4n) is 2.71. The number of likely N-dealkylation sites (tertiary alicyclic amines) is 1. The molecule has 1 saturated heterocycles. The zero-order valence-electron chi connectivity index (χ0n) is 13.7. The molecule has 24 heavy (non-hydrogen) atoms. The lowest BCUT2D eigenvalue weighted by molar-refractivity contribution is -0.133. The van der Waals surface area contributed by atoms with Gasteiger partial charge in [0.1, 0.15) is 0 Å². The molecule has 0 spiro atoms. The predicted molar refractivity (Wildman–Crippen MR) is 87.9 cm³/mol. The third-order valence-corrected chi connectivity index (χ3v) is 4.33. The summed E-state index contributed by atoms with van der Waals surface area (Å²) < 4.78 is 26.3. The summed E-state index contributed by atoms with van der Waals surface area (Å²) in [6.45, 7) is 5.14. The van der Waals surface area contributed by atoms with E-state index < -0.39 is 17.5 Å². The quantitative estimate of drug-likeness (QED) is 0.839. The molecule has 132 valence electrons. The number of carbonyl (C=O) groups is 2. The molecule has 1 aliphatic rings. The normalized spacial score (nSPS) is 15.7. The minimum absolute atomic E-state index is 0.0890. The van der Waals surface area contributed by atoms with E-state index in [2.05, 4.69) is 5.32 Å². The van der Waals surface area contributed by atoms with Crippen molar-refractivity contribution in [2.75, 3.05) is 13.1 Å². The predicted octanol–water partition coefficient (Wildman–Crippen LogP) is 3.39. The molecule has 2 rings (SSSR count). The second kappa shape index (κ2) is 7.92. The molecule has 0 atom stereocenters. The van der Waals surface area contributed by atoms with Crippen molar-refractivity contribution in [3.05, 3.63) is 34.4 Å². The van der Waals surface area contributed by atoms with Crippen molar-refractivity contribution in [1.29, 1.82) is 0 Å². The van der Waals surface area contributed by atoms with Crippen LogP contribution in [0.3, 0.4) is 0 Å². The number of carbonyl (C=O) groups excluding carboxylic acids is 2. The Hall–Kier alpha value is -1.69. The van der Waals surface area contributed by atoms with Crippen molar-refractivity contribution in [1.82, 2.24) is 10.2 Å². The first-order valence-corrected chi connectivity index (χ1v) is 8.39. The molecule has 1 N–H and O–H groups in total. The molecule has 0 saturated carbocycles. The zero-order chi connectivity index (χ0) is 17.9. The van der Waals surface area contributed by atoms with Crippen molar-refractivity contribution in [3.63, 3.8) is 0 Å². The van der Waals surface area contributed by atoms with Gasteiger partial charge < -0.3 is 10.2 Å². The highest BCUT2D eigenvalue weighted by atomic mass is 35.5. The van der Waals surface area contributed by atoms with Crippen LogP contribution in [-0.2, 0) is 4.79 Å². The van der Waals surface area contributed by atoms with Gasteiger partial charge in [-0.15, -0.1) is 0 Å². The lowest BCUT2D eigenvalue weighted by atomic mass is 10.0. The van der Waals surface area contributed by atoms with Crippen LogP contribution in [-0.4, -0.2) is 35.8 Å². The number of halogens is 3. The van der Waals surface area contributed by atoms with Crippen LogP contribution >= 0.6 is 11.6 Å². The van der Waals surface area contributed by atoms with Gasteiger partial charge >= 0.3 is 0 Å². The average molecular weight is 359 g/mol. The molecule has 7 heteroatoms. The first-order chi connectivity index (χ1) is 11.3. The second-order valence-corrected chi connectivity index (χ2v) is 6.88. The average Bonchev–Trinajstić information content (AvgIpc) is 2.50. The maximum absolute atomic E-state index is 13.3. The van der Waals surface area contributed by atoms with Gasteiger partial charge in [0.05, 0.1) is 10.6 Å². The maximum Gasteiger partial charge on any atom is 0.253 e. The first kappa shape index (κ1) is 18.6. The number of benzene rings is 1. The van der Waals surface area contributed by atoms with Crippen LogP contribution in [0.2, 0.25) is 5.02 Å². The second-order valence-electron chi connectivity index (χ2n) is 6.47. The number of rotatable bonds is 4. The Labute approximate surface area is 145 Å². The summed E-state index contributed by atoms with van der Waals surface area (Å²) in [5, 5.41) is 2.64. The zero-order valence-corrected chi connectivity index (χ0v) is 14.5. The highest BCUT2D eigenvalue weighted by Crippen LogP contribution is 2.21. The van der Waals surface area contributed by atoms with Gasteiger partial charge in [-0.05, 0) is 30.9 Å².